The predicted octanol–water partition coefficient (Wildman–Crippen LogP) is 2.78. The van der Waals surface area contributed by atoms with Gasteiger partial charge in [-0.2, -0.15) is 0 Å². The zero-order valence-corrected chi connectivity index (χ0v) is 17.0. The SMILES string of the molecule is C=CCNC(=O)c1cn(Cc2ccc(C)o2)cc(C(=O)NCc2cccc(F)c2)c1=O. The molecule has 0 aliphatic carbocycles. The van der Waals surface area contributed by atoms with Crippen LogP contribution in [-0.4, -0.2) is 22.9 Å². The van der Waals surface area contributed by atoms with Crippen LogP contribution in [0, 0.1) is 12.7 Å². The van der Waals surface area contributed by atoms with Crippen molar-refractivity contribution in [2.45, 2.75) is 20.0 Å². The first-order valence-electron chi connectivity index (χ1n) is 9.58. The second kappa shape index (κ2) is 9.71. The number of hydrogen-bond donors (Lipinski definition) is 2. The summed E-state index contributed by atoms with van der Waals surface area (Å²) in [6.45, 7) is 5.75. The highest BCUT2D eigenvalue weighted by atomic mass is 19.1. The Morgan fingerprint density at radius 1 is 1.13 bits per heavy atom. The van der Waals surface area contributed by atoms with E-state index in [1.165, 1.54) is 36.7 Å². The van der Waals surface area contributed by atoms with Crippen LogP contribution >= 0.6 is 0 Å². The number of hydrogen-bond acceptors (Lipinski definition) is 4. The van der Waals surface area contributed by atoms with Crippen LogP contribution in [0.4, 0.5) is 4.39 Å². The molecular formula is C23H22FN3O4. The lowest BCUT2D eigenvalue weighted by atomic mass is 10.1. The van der Waals surface area contributed by atoms with Crippen LogP contribution in [0.1, 0.15) is 37.8 Å². The Morgan fingerprint density at radius 2 is 1.84 bits per heavy atom. The first-order chi connectivity index (χ1) is 14.9. The standard InChI is InChI=1S/C23H22FN3O4/c1-3-9-25-22(29)19-13-27(12-18-8-7-15(2)31-18)14-20(21(19)28)23(30)26-11-16-5-4-6-17(24)10-16/h3-8,10,13-14H,1,9,11-12H2,2H3,(H,25,29)(H,26,30). The molecule has 0 aliphatic heterocycles. The Hall–Kier alpha value is -3.94. The maximum absolute atomic E-state index is 13.4. The molecule has 0 radical (unpaired) electrons. The van der Waals surface area contributed by atoms with E-state index in [0.717, 1.165) is 0 Å². The minimum atomic E-state index is -0.704. The molecule has 2 N–H and O–H groups in total. The molecule has 0 bridgehead atoms. The van der Waals surface area contributed by atoms with Crippen LogP contribution in [0.15, 0.2) is 70.7 Å². The van der Waals surface area contributed by atoms with Gasteiger partial charge in [0.25, 0.3) is 11.8 Å². The molecule has 2 amide bonds. The van der Waals surface area contributed by atoms with Crippen molar-refractivity contribution in [3.05, 3.63) is 106 Å². The third kappa shape index (κ3) is 5.57. The minimum Gasteiger partial charge on any atom is -0.464 e. The van der Waals surface area contributed by atoms with E-state index in [2.05, 4.69) is 17.2 Å². The van der Waals surface area contributed by atoms with Crippen LogP contribution in [0.5, 0.6) is 0 Å². The largest absolute Gasteiger partial charge is 0.464 e. The van der Waals surface area contributed by atoms with Gasteiger partial charge in [0.1, 0.15) is 28.5 Å². The molecule has 7 nitrogen and oxygen atoms in total. The van der Waals surface area contributed by atoms with Gasteiger partial charge in [0.2, 0.25) is 5.43 Å². The maximum Gasteiger partial charge on any atom is 0.257 e. The lowest BCUT2D eigenvalue weighted by Crippen LogP contribution is -2.35. The van der Waals surface area contributed by atoms with E-state index in [-0.39, 0.29) is 30.8 Å². The third-order valence-corrected chi connectivity index (χ3v) is 4.45. The van der Waals surface area contributed by atoms with Crippen molar-refractivity contribution in [3.63, 3.8) is 0 Å². The molecule has 3 rings (SSSR count). The van der Waals surface area contributed by atoms with E-state index >= 15 is 0 Å². The number of carbonyl (C=O) groups is 2. The summed E-state index contributed by atoms with van der Waals surface area (Å²) in [4.78, 5) is 38.0. The van der Waals surface area contributed by atoms with Crippen LogP contribution in [0.3, 0.4) is 0 Å². The van der Waals surface area contributed by atoms with Crippen LogP contribution < -0.4 is 16.1 Å². The minimum absolute atomic E-state index is 0.0281. The predicted molar refractivity (Wildman–Crippen MR) is 113 cm³/mol. The van der Waals surface area contributed by atoms with Crippen molar-refractivity contribution in [2.75, 3.05) is 6.54 Å². The fourth-order valence-corrected chi connectivity index (χ4v) is 2.98. The second-order valence-corrected chi connectivity index (χ2v) is 6.91. The van der Waals surface area contributed by atoms with Crippen molar-refractivity contribution in [3.8, 4) is 0 Å². The molecule has 3 aromatic rings. The monoisotopic (exact) mass is 423 g/mol. The molecule has 2 heterocycles. The Bertz CT molecular complexity index is 1180. The highest BCUT2D eigenvalue weighted by Gasteiger charge is 2.19. The molecule has 0 saturated heterocycles. The molecule has 160 valence electrons. The second-order valence-electron chi connectivity index (χ2n) is 6.91. The first kappa shape index (κ1) is 21.8. The number of nitrogens with zero attached hydrogens (tertiary/aromatic N) is 1. The summed E-state index contributed by atoms with van der Waals surface area (Å²) < 4.78 is 20.4. The van der Waals surface area contributed by atoms with Crippen LogP contribution in [-0.2, 0) is 13.1 Å². The summed E-state index contributed by atoms with van der Waals surface area (Å²) in [5.41, 5.74) is -0.542. The molecule has 2 aromatic heterocycles. The number of aromatic nitrogens is 1. The molecule has 0 saturated carbocycles. The number of pyridine rings is 1. The molecule has 8 heteroatoms. The highest BCUT2D eigenvalue weighted by molar-refractivity contribution is 5.99. The molecule has 0 unspecified atom stereocenters. The lowest BCUT2D eigenvalue weighted by molar-refractivity contribution is 0.0948. The fourth-order valence-electron chi connectivity index (χ4n) is 2.98. The normalized spacial score (nSPS) is 10.5. The van der Waals surface area contributed by atoms with Gasteiger partial charge < -0.3 is 19.6 Å². The quantitative estimate of drug-likeness (QED) is 0.545. The highest BCUT2D eigenvalue weighted by Crippen LogP contribution is 2.10. The van der Waals surface area contributed by atoms with E-state index in [1.807, 2.05) is 0 Å². The van der Waals surface area contributed by atoms with Crippen molar-refractivity contribution < 1.29 is 18.4 Å². The van der Waals surface area contributed by atoms with Gasteiger partial charge in [-0.3, -0.25) is 14.4 Å². The lowest BCUT2D eigenvalue weighted by Gasteiger charge is -2.12. The molecule has 0 fully saturated rings. The molecule has 0 atom stereocenters. The van der Waals surface area contributed by atoms with Crippen molar-refractivity contribution in [1.29, 1.82) is 0 Å². The first-order valence-corrected chi connectivity index (χ1v) is 9.58. The van der Waals surface area contributed by atoms with Gasteiger partial charge in [0.05, 0.1) is 6.54 Å². The maximum atomic E-state index is 13.4. The molecule has 1 aromatic carbocycles. The number of furan rings is 1. The summed E-state index contributed by atoms with van der Waals surface area (Å²) in [6.07, 6.45) is 4.23. The van der Waals surface area contributed by atoms with Gasteiger partial charge in [0, 0.05) is 25.5 Å². The molecule has 31 heavy (non-hydrogen) atoms. The van der Waals surface area contributed by atoms with Gasteiger partial charge in [-0.05, 0) is 36.8 Å². The van der Waals surface area contributed by atoms with E-state index in [1.54, 1.807) is 29.7 Å². The summed E-state index contributed by atoms with van der Waals surface area (Å²) in [5.74, 6) is -0.396. The van der Waals surface area contributed by atoms with Gasteiger partial charge in [-0.1, -0.05) is 18.2 Å². The average molecular weight is 423 g/mol. The number of carbonyl (C=O) groups excluding carboxylic acids is 2. The summed E-state index contributed by atoms with van der Waals surface area (Å²) in [6, 6.07) is 9.33. The zero-order valence-electron chi connectivity index (χ0n) is 17.0. The van der Waals surface area contributed by atoms with E-state index in [4.69, 9.17) is 4.42 Å². The van der Waals surface area contributed by atoms with Crippen molar-refractivity contribution >= 4 is 11.8 Å². The Balaban J connectivity index is 1.91. The number of aryl methyl sites for hydroxylation is 1. The number of halogens is 1. The van der Waals surface area contributed by atoms with Gasteiger partial charge in [-0.15, -0.1) is 6.58 Å². The fraction of sp³-hybridized carbons (Fsp3) is 0.174. The summed E-state index contributed by atoms with van der Waals surface area (Å²) in [7, 11) is 0. The van der Waals surface area contributed by atoms with Crippen molar-refractivity contribution in [2.24, 2.45) is 0 Å². The van der Waals surface area contributed by atoms with E-state index < -0.39 is 23.1 Å². The average Bonchev–Trinajstić information content (AvgIpc) is 3.15. The Labute approximate surface area is 178 Å². The molecular weight excluding hydrogens is 401 g/mol. The van der Waals surface area contributed by atoms with Gasteiger partial charge in [-0.25, -0.2) is 4.39 Å². The summed E-state index contributed by atoms with van der Waals surface area (Å²) in [5, 5.41) is 5.15. The number of nitrogens with one attached hydrogen (secondary N) is 2. The number of amides is 2. The Kier molecular flexibility index (Phi) is 6.81. The molecule has 0 aliphatic rings. The van der Waals surface area contributed by atoms with Crippen LogP contribution in [0.2, 0.25) is 0 Å². The zero-order chi connectivity index (χ0) is 22.4. The number of benzene rings is 1. The topological polar surface area (TPSA) is 93.3 Å². The van der Waals surface area contributed by atoms with Gasteiger partial charge in [0.15, 0.2) is 0 Å². The smallest absolute Gasteiger partial charge is 0.257 e. The molecule has 0 spiro atoms. The van der Waals surface area contributed by atoms with Gasteiger partial charge >= 0.3 is 0 Å². The van der Waals surface area contributed by atoms with Crippen molar-refractivity contribution in [1.82, 2.24) is 15.2 Å². The van der Waals surface area contributed by atoms with E-state index in [0.29, 0.717) is 17.1 Å². The van der Waals surface area contributed by atoms with E-state index in [9.17, 15) is 18.8 Å². The summed E-state index contributed by atoms with van der Waals surface area (Å²) >= 11 is 0. The van der Waals surface area contributed by atoms with Crippen LogP contribution in [0.25, 0.3) is 0 Å². The Morgan fingerprint density at radius 3 is 2.45 bits per heavy atom. The third-order valence-electron chi connectivity index (χ3n) is 4.45. The number of rotatable bonds is 8.